The van der Waals surface area contributed by atoms with Crippen LogP contribution in [-0.4, -0.2) is 54.4 Å². The largest absolute Gasteiger partial charge is 0.396 e. The second-order valence-corrected chi connectivity index (χ2v) is 8.42. The molecule has 0 saturated carbocycles. The van der Waals surface area contributed by atoms with Gasteiger partial charge < -0.3 is 5.11 Å². The number of aliphatic hydroxyl groups is 1. The maximum atomic E-state index is 12.8. The highest BCUT2D eigenvalue weighted by molar-refractivity contribution is 7.86. The Balaban J connectivity index is 2.08. The summed E-state index contributed by atoms with van der Waals surface area (Å²) in [5, 5.41) is 8.96. The van der Waals surface area contributed by atoms with Crippen molar-refractivity contribution in [2.24, 2.45) is 11.8 Å². The van der Waals surface area contributed by atoms with Crippen molar-refractivity contribution in [3.8, 4) is 0 Å². The molecule has 2 aliphatic rings. The lowest BCUT2D eigenvalue weighted by Gasteiger charge is -2.37. The number of aliphatic hydroxyl groups excluding tert-OH is 1. The first-order valence-electron chi connectivity index (χ1n) is 7.83. The van der Waals surface area contributed by atoms with Gasteiger partial charge in [0.05, 0.1) is 0 Å². The van der Waals surface area contributed by atoms with Crippen molar-refractivity contribution in [3.05, 3.63) is 0 Å². The third-order valence-electron chi connectivity index (χ3n) is 4.48. The van der Waals surface area contributed by atoms with E-state index in [0.717, 1.165) is 25.7 Å². The van der Waals surface area contributed by atoms with Crippen LogP contribution in [0, 0.1) is 11.8 Å². The Bertz CT molecular complexity index is 403. The van der Waals surface area contributed by atoms with Crippen LogP contribution < -0.4 is 0 Å². The average molecular weight is 304 g/mol. The van der Waals surface area contributed by atoms with E-state index in [9.17, 15) is 8.42 Å². The van der Waals surface area contributed by atoms with Crippen molar-refractivity contribution in [2.45, 2.75) is 52.0 Å². The van der Waals surface area contributed by atoms with Gasteiger partial charge in [-0.3, -0.25) is 0 Å². The van der Waals surface area contributed by atoms with Crippen molar-refractivity contribution in [2.75, 3.05) is 26.2 Å². The van der Waals surface area contributed by atoms with Crippen LogP contribution in [0.4, 0.5) is 0 Å². The number of hydrogen-bond acceptors (Lipinski definition) is 3. The van der Waals surface area contributed by atoms with Crippen molar-refractivity contribution in [3.63, 3.8) is 0 Å². The molecule has 2 heterocycles. The van der Waals surface area contributed by atoms with Crippen LogP contribution in [0.15, 0.2) is 0 Å². The predicted molar refractivity (Wildman–Crippen MR) is 79.5 cm³/mol. The Morgan fingerprint density at radius 2 is 1.85 bits per heavy atom. The highest BCUT2D eigenvalue weighted by Crippen LogP contribution is 2.30. The van der Waals surface area contributed by atoms with E-state index in [1.54, 1.807) is 8.61 Å². The lowest BCUT2D eigenvalue weighted by atomic mass is 9.94. The first-order chi connectivity index (χ1) is 9.45. The molecular formula is C14H28N2O3S. The Kier molecular flexibility index (Phi) is 5.45. The van der Waals surface area contributed by atoms with E-state index in [0.29, 0.717) is 37.9 Å². The molecule has 3 atom stereocenters. The molecular weight excluding hydrogens is 276 g/mol. The maximum Gasteiger partial charge on any atom is 0.282 e. The van der Waals surface area contributed by atoms with Crippen molar-refractivity contribution >= 4 is 10.2 Å². The standard InChI is InChI=1S/C14H28N2O3S/c1-12-9-13(2)11-15(10-12)20(18,19)16-7-3-5-14(16)6-4-8-17/h12-14,17H,3-11H2,1-2H3. The average Bonchev–Trinajstić information content (AvgIpc) is 2.84. The van der Waals surface area contributed by atoms with Gasteiger partial charge in [0, 0.05) is 32.3 Å². The highest BCUT2D eigenvalue weighted by atomic mass is 32.2. The van der Waals surface area contributed by atoms with Crippen LogP contribution >= 0.6 is 0 Å². The zero-order chi connectivity index (χ0) is 14.8. The minimum atomic E-state index is -3.32. The molecule has 6 heteroatoms. The summed E-state index contributed by atoms with van der Waals surface area (Å²) >= 11 is 0. The molecule has 3 unspecified atom stereocenters. The van der Waals surface area contributed by atoms with E-state index in [4.69, 9.17) is 5.11 Å². The second kappa shape index (κ2) is 6.73. The van der Waals surface area contributed by atoms with Gasteiger partial charge in [-0.05, 0) is 43.9 Å². The summed E-state index contributed by atoms with van der Waals surface area (Å²) in [6, 6.07) is 0.0830. The van der Waals surface area contributed by atoms with Crippen LogP contribution in [0.2, 0.25) is 0 Å². The smallest absolute Gasteiger partial charge is 0.282 e. The van der Waals surface area contributed by atoms with Crippen molar-refractivity contribution in [1.29, 1.82) is 0 Å². The van der Waals surface area contributed by atoms with Crippen LogP contribution in [0.25, 0.3) is 0 Å². The third kappa shape index (κ3) is 3.53. The summed E-state index contributed by atoms with van der Waals surface area (Å²) in [6.07, 6.45) is 4.44. The SMILES string of the molecule is CC1CC(C)CN(S(=O)(=O)N2CCCC2CCCO)C1. The molecule has 0 aromatic rings. The molecule has 1 N–H and O–H groups in total. The van der Waals surface area contributed by atoms with E-state index in [-0.39, 0.29) is 12.6 Å². The van der Waals surface area contributed by atoms with Crippen LogP contribution in [0.1, 0.15) is 46.0 Å². The van der Waals surface area contributed by atoms with E-state index in [1.807, 2.05) is 0 Å². The Hall–Kier alpha value is -0.170. The van der Waals surface area contributed by atoms with Gasteiger partial charge in [-0.15, -0.1) is 0 Å². The predicted octanol–water partition coefficient (Wildman–Crippen LogP) is 1.45. The van der Waals surface area contributed by atoms with Crippen molar-refractivity contribution < 1.29 is 13.5 Å². The molecule has 0 bridgehead atoms. The molecule has 20 heavy (non-hydrogen) atoms. The Labute approximate surface area is 123 Å². The van der Waals surface area contributed by atoms with Gasteiger partial charge in [-0.2, -0.15) is 17.0 Å². The maximum absolute atomic E-state index is 12.8. The normalized spacial score (nSPS) is 33.6. The molecule has 0 amide bonds. The molecule has 2 rings (SSSR count). The molecule has 0 aromatic carbocycles. The second-order valence-electron chi connectivity index (χ2n) is 6.54. The lowest BCUT2D eigenvalue weighted by Crippen LogP contribution is -2.50. The zero-order valence-electron chi connectivity index (χ0n) is 12.7. The number of rotatable bonds is 5. The van der Waals surface area contributed by atoms with Crippen LogP contribution in [0.3, 0.4) is 0 Å². The molecule has 0 spiro atoms. The lowest BCUT2D eigenvalue weighted by molar-refractivity contribution is 0.203. The first-order valence-corrected chi connectivity index (χ1v) is 9.22. The van der Waals surface area contributed by atoms with Crippen molar-refractivity contribution in [1.82, 2.24) is 8.61 Å². The zero-order valence-corrected chi connectivity index (χ0v) is 13.5. The van der Waals surface area contributed by atoms with Gasteiger partial charge in [0.15, 0.2) is 0 Å². The Morgan fingerprint density at radius 1 is 1.20 bits per heavy atom. The summed E-state index contributed by atoms with van der Waals surface area (Å²) in [6.45, 7) is 6.34. The van der Waals surface area contributed by atoms with E-state index in [1.165, 1.54) is 0 Å². The molecule has 5 nitrogen and oxygen atoms in total. The summed E-state index contributed by atoms with van der Waals surface area (Å²) in [5.41, 5.74) is 0. The fraction of sp³-hybridized carbons (Fsp3) is 1.00. The molecule has 0 radical (unpaired) electrons. The minimum Gasteiger partial charge on any atom is -0.396 e. The van der Waals surface area contributed by atoms with E-state index >= 15 is 0 Å². The monoisotopic (exact) mass is 304 g/mol. The van der Waals surface area contributed by atoms with Gasteiger partial charge in [-0.25, -0.2) is 0 Å². The van der Waals surface area contributed by atoms with Crippen LogP contribution in [0.5, 0.6) is 0 Å². The number of nitrogens with zero attached hydrogens (tertiary/aromatic N) is 2. The summed E-state index contributed by atoms with van der Waals surface area (Å²) < 4.78 is 29.1. The first kappa shape index (κ1) is 16.2. The van der Waals surface area contributed by atoms with Gasteiger partial charge in [0.25, 0.3) is 10.2 Å². The fourth-order valence-electron chi connectivity index (χ4n) is 3.67. The molecule has 118 valence electrons. The minimum absolute atomic E-state index is 0.0830. The van der Waals surface area contributed by atoms with Gasteiger partial charge in [0.1, 0.15) is 0 Å². The quantitative estimate of drug-likeness (QED) is 0.836. The summed E-state index contributed by atoms with van der Waals surface area (Å²) in [5.74, 6) is 0.874. The van der Waals surface area contributed by atoms with E-state index < -0.39 is 10.2 Å². The molecule has 0 aromatic heterocycles. The summed E-state index contributed by atoms with van der Waals surface area (Å²) in [4.78, 5) is 0. The highest BCUT2D eigenvalue weighted by Gasteiger charge is 2.39. The molecule has 2 saturated heterocycles. The summed E-state index contributed by atoms with van der Waals surface area (Å²) in [7, 11) is -3.32. The number of hydrogen-bond donors (Lipinski definition) is 1. The Morgan fingerprint density at radius 3 is 2.45 bits per heavy atom. The van der Waals surface area contributed by atoms with Gasteiger partial charge in [-0.1, -0.05) is 13.8 Å². The van der Waals surface area contributed by atoms with E-state index in [2.05, 4.69) is 13.8 Å². The topological polar surface area (TPSA) is 60.9 Å². The number of piperidine rings is 1. The molecule has 2 fully saturated rings. The third-order valence-corrected chi connectivity index (χ3v) is 6.50. The fourth-order valence-corrected chi connectivity index (χ4v) is 5.80. The van der Waals surface area contributed by atoms with Crippen LogP contribution in [-0.2, 0) is 10.2 Å². The van der Waals surface area contributed by atoms with Gasteiger partial charge in [0.2, 0.25) is 0 Å². The molecule has 0 aliphatic carbocycles. The molecule has 2 aliphatic heterocycles. The van der Waals surface area contributed by atoms with Gasteiger partial charge >= 0.3 is 0 Å².